The Morgan fingerprint density at radius 3 is 2.19 bits per heavy atom. The predicted molar refractivity (Wildman–Crippen MR) is 109 cm³/mol. The van der Waals surface area contributed by atoms with Crippen molar-refractivity contribution in [2.24, 2.45) is 0 Å². The minimum atomic E-state index is -0.623. The Balaban J connectivity index is 2.80. The first kappa shape index (κ1) is 23.3. The molecule has 7 heteroatoms. The number of carbonyl (C=O) groups is 2. The van der Waals surface area contributed by atoms with Crippen LogP contribution in [0.25, 0.3) is 0 Å². The van der Waals surface area contributed by atoms with Crippen LogP contribution >= 0.6 is 23.2 Å². The van der Waals surface area contributed by atoms with Crippen molar-refractivity contribution in [2.75, 3.05) is 18.5 Å². The molecule has 27 heavy (non-hydrogen) atoms. The first-order chi connectivity index (χ1) is 13.0. The number of carbonyl (C=O) groups excluding carboxylic acids is 2. The lowest BCUT2D eigenvalue weighted by Crippen LogP contribution is -2.18. The number of hydrogen-bond acceptors (Lipinski definition) is 5. The maximum atomic E-state index is 12.4. The minimum Gasteiger partial charge on any atom is -0.462 e. The van der Waals surface area contributed by atoms with Crippen LogP contribution in [0, 0.1) is 0 Å². The van der Waals surface area contributed by atoms with E-state index in [9.17, 15) is 9.59 Å². The van der Waals surface area contributed by atoms with Gasteiger partial charge in [-0.15, -0.1) is 0 Å². The quantitative estimate of drug-likeness (QED) is 0.267. The van der Waals surface area contributed by atoms with Crippen LogP contribution < -0.4 is 5.32 Å². The van der Waals surface area contributed by atoms with Gasteiger partial charge in [0, 0.05) is 5.69 Å². The van der Waals surface area contributed by atoms with Crippen molar-refractivity contribution < 1.29 is 19.1 Å². The highest BCUT2D eigenvalue weighted by Gasteiger charge is 2.15. The van der Waals surface area contributed by atoms with E-state index in [2.05, 4.69) is 19.2 Å². The zero-order valence-corrected chi connectivity index (χ0v) is 17.4. The van der Waals surface area contributed by atoms with Crippen molar-refractivity contribution in [2.45, 2.75) is 52.4 Å². The van der Waals surface area contributed by atoms with Gasteiger partial charge in [0.05, 0.1) is 29.3 Å². The van der Waals surface area contributed by atoms with Crippen LogP contribution in [0.15, 0.2) is 30.0 Å². The number of nitrogens with one attached hydrogen (secondary N) is 1. The van der Waals surface area contributed by atoms with Gasteiger partial charge in [-0.3, -0.25) is 0 Å². The Hall–Kier alpha value is -1.72. The molecule has 0 aliphatic heterocycles. The lowest BCUT2D eigenvalue weighted by Gasteiger charge is -2.12. The van der Waals surface area contributed by atoms with Crippen LogP contribution in [-0.2, 0) is 19.1 Å². The van der Waals surface area contributed by atoms with Crippen LogP contribution in [0.1, 0.15) is 52.4 Å². The van der Waals surface area contributed by atoms with Crippen LogP contribution in [0.5, 0.6) is 0 Å². The Kier molecular flexibility index (Phi) is 11.6. The molecule has 0 unspecified atom stereocenters. The summed E-state index contributed by atoms with van der Waals surface area (Å²) in [4.78, 5) is 24.4. The van der Waals surface area contributed by atoms with Gasteiger partial charge in [0.15, 0.2) is 0 Å². The summed E-state index contributed by atoms with van der Waals surface area (Å²) in [5, 5.41) is 3.59. The van der Waals surface area contributed by atoms with Gasteiger partial charge in [-0.2, -0.15) is 0 Å². The Bertz CT molecular complexity index is 647. The largest absolute Gasteiger partial charge is 0.462 e. The van der Waals surface area contributed by atoms with E-state index in [4.69, 9.17) is 32.7 Å². The molecule has 0 saturated carbocycles. The summed E-state index contributed by atoms with van der Waals surface area (Å²) in [6.07, 6.45) is 6.65. The lowest BCUT2D eigenvalue weighted by molar-refractivity contribution is -0.141. The van der Waals surface area contributed by atoms with E-state index in [1.807, 2.05) is 0 Å². The van der Waals surface area contributed by atoms with Gasteiger partial charge < -0.3 is 14.8 Å². The summed E-state index contributed by atoms with van der Waals surface area (Å²) >= 11 is 11.9. The fourth-order valence-corrected chi connectivity index (χ4v) is 2.45. The Labute approximate surface area is 171 Å². The molecule has 0 aromatic heterocycles. The number of esters is 2. The average molecular weight is 416 g/mol. The zero-order valence-electron chi connectivity index (χ0n) is 15.9. The van der Waals surface area contributed by atoms with E-state index in [0.717, 1.165) is 44.6 Å². The highest BCUT2D eigenvalue weighted by molar-refractivity contribution is 6.42. The van der Waals surface area contributed by atoms with Crippen molar-refractivity contribution >= 4 is 40.8 Å². The fourth-order valence-electron chi connectivity index (χ4n) is 2.15. The molecule has 1 N–H and O–H groups in total. The molecule has 5 nitrogen and oxygen atoms in total. The molecular formula is C20H27Cl2NO4. The molecule has 0 aliphatic carbocycles. The van der Waals surface area contributed by atoms with Gasteiger partial charge in [0.1, 0.15) is 5.70 Å². The van der Waals surface area contributed by atoms with Crippen molar-refractivity contribution in [3.05, 3.63) is 40.0 Å². The van der Waals surface area contributed by atoms with E-state index < -0.39 is 11.9 Å². The Morgan fingerprint density at radius 1 is 0.963 bits per heavy atom. The second kappa shape index (κ2) is 13.4. The summed E-state index contributed by atoms with van der Waals surface area (Å²) in [5.74, 6) is -1.22. The van der Waals surface area contributed by atoms with Gasteiger partial charge in [-0.05, 0) is 31.0 Å². The maximum absolute atomic E-state index is 12.4. The molecule has 0 bridgehead atoms. The highest BCUT2D eigenvalue weighted by atomic mass is 35.5. The highest BCUT2D eigenvalue weighted by Crippen LogP contribution is 2.25. The molecule has 0 aliphatic rings. The number of halogens is 2. The Morgan fingerprint density at radius 2 is 1.59 bits per heavy atom. The van der Waals surface area contributed by atoms with Crippen LogP contribution in [-0.4, -0.2) is 25.2 Å². The number of ether oxygens (including phenoxy) is 2. The van der Waals surface area contributed by atoms with E-state index in [1.54, 1.807) is 18.2 Å². The molecule has 1 aromatic rings. The summed E-state index contributed by atoms with van der Waals surface area (Å²) in [6.45, 7) is 4.73. The first-order valence-electron chi connectivity index (χ1n) is 9.25. The number of anilines is 1. The molecule has 0 fully saturated rings. The SMILES string of the molecule is CCCCCOC(=O)C=C(Nc1ccc(Cl)c(Cl)c1)C(=O)OCCCCC. The monoisotopic (exact) mass is 415 g/mol. The third-order valence-corrected chi connectivity index (χ3v) is 4.39. The van der Waals surface area contributed by atoms with Crippen molar-refractivity contribution in [1.82, 2.24) is 0 Å². The van der Waals surface area contributed by atoms with Gasteiger partial charge in [0.2, 0.25) is 0 Å². The van der Waals surface area contributed by atoms with Crippen LogP contribution in [0.4, 0.5) is 5.69 Å². The first-order valence-corrected chi connectivity index (χ1v) is 10.0. The summed E-state index contributed by atoms with van der Waals surface area (Å²) < 4.78 is 10.4. The fraction of sp³-hybridized carbons (Fsp3) is 0.500. The van der Waals surface area contributed by atoms with Crippen LogP contribution in [0.2, 0.25) is 10.0 Å². The zero-order chi connectivity index (χ0) is 20.1. The lowest BCUT2D eigenvalue weighted by atomic mass is 10.2. The number of benzene rings is 1. The van der Waals surface area contributed by atoms with E-state index in [-0.39, 0.29) is 5.70 Å². The van der Waals surface area contributed by atoms with Crippen LogP contribution in [0.3, 0.4) is 0 Å². The molecule has 0 radical (unpaired) electrons. The summed E-state index contributed by atoms with van der Waals surface area (Å²) in [7, 11) is 0. The van der Waals surface area contributed by atoms with E-state index in [0.29, 0.717) is 28.9 Å². The van der Waals surface area contributed by atoms with Crippen molar-refractivity contribution in [3.63, 3.8) is 0 Å². The molecule has 1 aromatic carbocycles. The second-order valence-corrected chi connectivity index (χ2v) is 6.84. The summed E-state index contributed by atoms with van der Waals surface area (Å²) in [5.41, 5.74) is 0.505. The third-order valence-electron chi connectivity index (χ3n) is 3.65. The molecular weight excluding hydrogens is 389 g/mol. The standard InChI is InChI=1S/C20H27Cl2NO4/c1-3-5-7-11-26-19(24)14-18(20(25)27-12-8-6-4-2)23-15-9-10-16(21)17(22)13-15/h9-10,13-14,23H,3-8,11-12H2,1-2H3. The smallest absolute Gasteiger partial charge is 0.355 e. The topological polar surface area (TPSA) is 64.6 Å². The molecule has 1 rings (SSSR count). The van der Waals surface area contributed by atoms with Crippen molar-refractivity contribution in [3.8, 4) is 0 Å². The van der Waals surface area contributed by atoms with Gasteiger partial charge in [0.25, 0.3) is 0 Å². The molecule has 0 amide bonds. The molecule has 150 valence electrons. The number of unbranched alkanes of at least 4 members (excludes halogenated alkanes) is 4. The summed E-state index contributed by atoms with van der Waals surface area (Å²) in [6, 6.07) is 4.81. The number of hydrogen-bond donors (Lipinski definition) is 1. The van der Waals surface area contributed by atoms with Gasteiger partial charge >= 0.3 is 11.9 Å². The predicted octanol–water partition coefficient (Wildman–Crippen LogP) is 5.76. The van der Waals surface area contributed by atoms with Gasteiger partial charge in [-0.1, -0.05) is 62.7 Å². The average Bonchev–Trinajstić information content (AvgIpc) is 2.64. The second-order valence-electron chi connectivity index (χ2n) is 6.03. The van der Waals surface area contributed by atoms with Gasteiger partial charge in [-0.25, -0.2) is 9.59 Å². The number of rotatable bonds is 12. The van der Waals surface area contributed by atoms with E-state index >= 15 is 0 Å². The minimum absolute atomic E-state index is 0.00891. The van der Waals surface area contributed by atoms with E-state index in [1.165, 1.54) is 0 Å². The molecule has 0 atom stereocenters. The maximum Gasteiger partial charge on any atom is 0.355 e. The third kappa shape index (κ3) is 9.68. The van der Waals surface area contributed by atoms with Crippen molar-refractivity contribution in [1.29, 1.82) is 0 Å². The molecule has 0 heterocycles. The molecule has 0 spiro atoms. The normalized spacial score (nSPS) is 11.2. The molecule has 0 saturated heterocycles.